The second-order valence-electron chi connectivity index (χ2n) is 4.24. The fourth-order valence-corrected chi connectivity index (χ4v) is 2.04. The topological polar surface area (TPSA) is 66.4 Å². The van der Waals surface area contributed by atoms with Gasteiger partial charge in [0.2, 0.25) is 5.91 Å². The number of aryl methyl sites for hydroxylation is 1. The number of carboxylic acids is 1. The number of anilines is 1. The Labute approximate surface area is 107 Å². The van der Waals surface area contributed by atoms with Gasteiger partial charge in [0, 0.05) is 10.2 Å². The van der Waals surface area contributed by atoms with Crippen molar-refractivity contribution in [3.63, 3.8) is 0 Å². The first-order valence-electron chi connectivity index (χ1n) is 5.29. The van der Waals surface area contributed by atoms with Crippen LogP contribution in [0, 0.1) is 18.8 Å². The summed E-state index contributed by atoms with van der Waals surface area (Å²) in [6.07, 6.45) is 0.439. The molecule has 1 aliphatic rings. The molecule has 1 amide bonds. The van der Waals surface area contributed by atoms with Crippen LogP contribution in [0.4, 0.5) is 5.69 Å². The van der Waals surface area contributed by atoms with E-state index in [2.05, 4.69) is 21.2 Å². The van der Waals surface area contributed by atoms with Crippen molar-refractivity contribution in [2.24, 2.45) is 11.8 Å². The summed E-state index contributed by atoms with van der Waals surface area (Å²) >= 11 is 3.38. The van der Waals surface area contributed by atoms with Crippen molar-refractivity contribution in [3.05, 3.63) is 28.2 Å². The van der Waals surface area contributed by atoms with Crippen LogP contribution in [0.15, 0.2) is 22.7 Å². The maximum atomic E-state index is 11.7. The molecule has 5 heteroatoms. The molecule has 2 unspecified atom stereocenters. The molecule has 0 heterocycles. The van der Waals surface area contributed by atoms with Crippen LogP contribution < -0.4 is 5.32 Å². The number of hydrogen-bond acceptors (Lipinski definition) is 2. The van der Waals surface area contributed by atoms with Crippen LogP contribution in [0.3, 0.4) is 0 Å². The summed E-state index contributed by atoms with van der Waals surface area (Å²) in [5.74, 6) is -2.00. The monoisotopic (exact) mass is 297 g/mol. The SMILES string of the molecule is Cc1ccc(NC(=O)C2CC2C(=O)O)cc1Br. The quantitative estimate of drug-likeness (QED) is 0.900. The summed E-state index contributed by atoms with van der Waals surface area (Å²) < 4.78 is 0.917. The minimum Gasteiger partial charge on any atom is -0.481 e. The molecule has 0 spiro atoms. The van der Waals surface area contributed by atoms with Crippen molar-refractivity contribution in [1.29, 1.82) is 0 Å². The van der Waals surface area contributed by atoms with Gasteiger partial charge in [0.05, 0.1) is 11.8 Å². The van der Waals surface area contributed by atoms with Crippen LogP contribution in [0.5, 0.6) is 0 Å². The van der Waals surface area contributed by atoms with E-state index < -0.39 is 11.9 Å². The molecule has 1 aliphatic carbocycles. The highest BCUT2D eigenvalue weighted by Crippen LogP contribution is 2.39. The molecule has 0 aliphatic heterocycles. The minimum absolute atomic E-state index is 0.215. The molecule has 2 N–H and O–H groups in total. The van der Waals surface area contributed by atoms with E-state index >= 15 is 0 Å². The lowest BCUT2D eigenvalue weighted by Crippen LogP contribution is -2.16. The number of carbonyl (C=O) groups is 2. The second-order valence-corrected chi connectivity index (χ2v) is 5.09. The van der Waals surface area contributed by atoms with E-state index in [1.54, 1.807) is 6.07 Å². The molecule has 0 radical (unpaired) electrons. The predicted molar refractivity (Wildman–Crippen MR) is 66.7 cm³/mol. The number of aliphatic carboxylic acids is 1. The molecule has 2 atom stereocenters. The first kappa shape index (κ1) is 12.1. The van der Waals surface area contributed by atoms with Gasteiger partial charge in [-0.25, -0.2) is 0 Å². The van der Waals surface area contributed by atoms with Gasteiger partial charge in [-0.15, -0.1) is 0 Å². The normalized spacial score (nSPS) is 22.0. The summed E-state index contributed by atoms with van der Waals surface area (Å²) in [5, 5.41) is 11.5. The Kier molecular flexibility index (Phi) is 3.19. The van der Waals surface area contributed by atoms with Gasteiger partial charge in [0.25, 0.3) is 0 Å². The van der Waals surface area contributed by atoms with E-state index in [9.17, 15) is 9.59 Å². The van der Waals surface area contributed by atoms with Crippen molar-refractivity contribution >= 4 is 33.5 Å². The van der Waals surface area contributed by atoms with E-state index in [0.29, 0.717) is 12.1 Å². The van der Waals surface area contributed by atoms with E-state index in [0.717, 1.165) is 10.0 Å². The Morgan fingerprint density at radius 1 is 1.41 bits per heavy atom. The Bertz CT molecular complexity index is 487. The summed E-state index contributed by atoms with van der Waals surface area (Å²) in [5.41, 5.74) is 1.77. The number of carboxylic acid groups (broad SMARTS) is 1. The zero-order chi connectivity index (χ0) is 12.6. The lowest BCUT2D eigenvalue weighted by molar-refractivity contribution is -0.139. The summed E-state index contributed by atoms with van der Waals surface area (Å²) in [7, 11) is 0. The Balaban J connectivity index is 2.00. The largest absolute Gasteiger partial charge is 0.481 e. The predicted octanol–water partition coefficient (Wildman–Crippen LogP) is 2.42. The third kappa shape index (κ3) is 2.66. The average Bonchev–Trinajstić information content (AvgIpc) is 3.03. The average molecular weight is 298 g/mol. The van der Waals surface area contributed by atoms with Crippen LogP contribution in [0.1, 0.15) is 12.0 Å². The fourth-order valence-electron chi connectivity index (χ4n) is 1.66. The van der Waals surface area contributed by atoms with Gasteiger partial charge < -0.3 is 10.4 Å². The highest BCUT2D eigenvalue weighted by Gasteiger charge is 2.48. The van der Waals surface area contributed by atoms with Gasteiger partial charge >= 0.3 is 5.97 Å². The van der Waals surface area contributed by atoms with Crippen LogP contribution >= 0.6 is 15.9 Å². The highest BCUT2D eigenvalue weighted by atomic mass is 79.9. The number of rotatable bonds is 3. The van der Waals surface area contributed by atoms with Crippen molar-refractivity contribution in [1.82, 2.24) is 0 Å². The van der Waals surface area contributed by atoms with Gasteiger partial charge in [-0.1, -0.05) is 22.0 Å². The van der Waals surface area contributed by atoms with Gasteiger partial charge in [-0.05, 0) is 31.0 Å². The van der Waals surface area contributed by atoms with Crippen molar-refractivity contribution < 1.29 is 14.7 Å². The molecule has 1 fully saturated rings. The van der Waals surface area contributed by atoms with Gasteiger partial charge in [-0.2, -0.15) is 0 Å². The molecule has 1 aromatic carbocycles. The lowest BCUT2D eigenvalue weighted by Gasteiger charge is -2.06. The molecular weight excluding hydrogens is 286 g/mol. The lowest BCUT2D eigenvalue weighted by atomic mass is 10.2. The third-order valence-corrected chi connectivity index (χ3v) is 3.74. The molecule has 90 valence electrons. The molecule has 1 aromatic rings. The van der Waals surface area contributed by atoms with Crippen LogP contribution in [-0.2, 0) is 9.59 Å². The number of nitrogens with one attached hydrogen (secondary N) is 1. The highest BCUT2D eigenvalue weighted by molar-refractivity contribution is 9.10. The molecule has 0 saturated heterocycles. The maximum absolute atomic E-state index is 11.7. The zero-order valence-corrected chi connectivity index (χ0v) is 10.8. The first-order chi connectivity index (χ1) is 7.99. The number of amides is 1. The number of carbonyl (C=O) groups excluding carboxylic acids is 1. The Morgan fingerprint density at radius 2 is 2.12 bits per heavy atom. The number of halogens is 1. The van der Waals surface area contributed by atoms with E-state index in [4.69, 9.17) is 5.11 Å². The van der Waals surface area contributed by atoms with Gasteiger partial charge in [0.1, 0.15) is 0 Å². The number of hydrogen-bond donors (Lipinski definition) is 2. The minimum atomic E-state index is -0.893. The second kappa shape index (κ2) is 4.49. The molecular formula is C12H12BrNO3. The first-order valence-corrected chi connectivity index (χ1v) is 6.08. The van der Waals surface area contributed by atoms with Gasteiger partial charge in [0.15, 0.2) is 0 Å². The summed E-state index contributed by atoms with van der Waals surface area (Å²) in [4.78, 5) is 22.3. The van der Waals surface area contributed by atoms with E-state index in [1.807, 2.05) is 19.1 Å². The van der Waals surface area contributed by atoms with Gasteiger partial charge in [-0.3, -0.25) is 9.59 Å². The standard InChI is InChI=1S/C12H12BrNO3/c1-6-2-3-7(4-10(6)13)14-11(15)8-5-9(8)12(16)17/h2-4,8-9H,5H2,1H3,(H,14,15)(H,16,17). The van der Waals surface area contributed by atoms with Crippen molar-refractivity contribution in [3.8, 4) is 0 Å². The van der Waals surface area contributed by atoms with Crippen LogP contribution in [-0.4, -0.2) is 17.0 Å². The Hall–Kier alpha value is -1.36. The zero-order valence-electron chi connectivity index (χ0n) is 9.24. The van der Waals surface area contributed by atoms with Crippen molar-refractivity contribution in [2.45, 2.75) is 13.3 Å². The van der Waals surface area contributed by atoms with E-state index in [1.165, 1.54) is 0 Å². The maximum Gasteiger partial charge on any atom is 0.307 e. The molecule has 1 saturated carbocycles. The smallest absolute Gasteiger partial charge is 0.307 e. The molecule has 0 aromatic heterocycles. The fraction of sp³-hybridized carbons (Fsp3) is 0.333. The van der Waals surface area contributed by atoms with Crippen LogP contribution in [0.25, 0.3) is 0 Å². The molecule has 0 bridgehead atoms. The number of benzene rings is 1. The molecule has 2 rings (SSSR count). The summed E-state index contributed by atoms with van der Waals surface area (Å²) in [6.45, 7) is 1.96. The summed E-state index contributed by atoms with van der Waals surface area (Å²) in [6, 6.07) is 5.50. The Morgan fingerprint density at radius 3 is 2.65 bits per heavy atom. The van der Waals surface area contributed by atoms with Crippen LogP contribution in [0.2, 0.25) is 0 Å². The van der Waals surface area contributed by atoms with Crippen molar-refractivity contribution in [2.75, 3.05) is 5.32 Å². The molecule has 4 nitrogen and oxygen atoms in total. The third-order valence-electron chi connectivity index (χ3n) is 2.88. The van der Waals surface area contributed by atoms with E-state index in [-0.39, 0.29) is 11.8 Å². The molecule has 17 heavy (non-hydrogen) atoms.